The van der Waals surface area contributed by atoms with Crippen LogP contribution in [-0.2, 0) is 12.8 Å². The third-order valence-electron chi connectivity index (χ3n) is 4.90. The molecule has 1 aliphatic heterocycles. The molecule has 0 amide bonds. The van der Waals surface area contributed by atoms with Gasteiger partial charge in [0.1, 0.15) is 0 Å². The number of benzene rings is 1. The molecule has 3 heteroatoms. The Morgan fingerprint density at radius 2 is 1.12 bits per heavy atom. The highest BCUT2D eigenvalue weighted by atomic mass is 32.1. The van der Waals surface area contributed by atoms with E-state index < -0.39 is 0 Å². The summed E-state index contributed by atoms with van der Waals surface area (Å²) in [6.07, 6.45) is 12.7. The number of hydrogen-bond donors (Lipinski definition) is 0. The van der Waals surface area contributed by atoms with E-state index in [1.165, 1.54) is 62.5 Å². The maximum atomic E-state index is 6.07. The van der Waals surface area contributed by atoms with Crippen molar-refractivity contribution >= 4 is 11.3 Å². The summed E-state index contributed by atoms with van der Waals surface area (Å²) in [5.41, 5.74) is 2.90. The lowest BCUT2D eigenvalue weighted by atomic mass is 9.95. The van der Waals surface area contributed by atoms with E-state index in [4.69, 9.17) is 9.47 Å². The number of fused-ring (bicyclic) bond motifs is 2. The SMILES string of the molecule is CCCCCCc1cc2c(cc1CCCCCC)Oc1cscc1O2. The fourth-order valence-corrected chi connectivity index (χ4v) is 4.06. The Morgan fingerprint density at radius 3 is 1.56 bits per heavy atom. The summed E-state index contributed by atoms with van der Waals surface area (Å²) >= 11 is 1.62. The summed E-state index contributed by atoms with van der Waals surface area (Å²) in [5.74, 6) is 3.47. The van der Waals surface area contributed by atoms with Gasteiger partial charge in [0.05, 0.1) is 0 Å². The van der Waals surface area contributed by atoms with E-state index in [0.717, 1.165) is 35.8 Å². The van der Waals surface area contributed by atoms with Gasteiger partial charge in [-0.15, -0.1) is 11.3 Å². The molecule has 0 saturated carbocycles. The summed E-state index contributed by atoms with van der Waals surface area (Å²) in [7, 11) is 0. The molecule has 0 atom stereocenters. The largest absolute Gasteiger partial charge is 0.449 e. The topological polar surface area (TPSA) is 18.5 Å². The molecule has 0 saturated heterocycles. The smallest absolute Gasteiger partial charge is 0.180 e. The third kappa shape index (κ3) is 4.78. The molecule has 136 valence electrons. The minimum atomic E-state index is 0.852. The molecule has 0 aliphatic carbocycles. The monoisotopic (exact) mass is 358 g/mol. The lowest BCUT2D eigenvalue weighted by Crippen LogP contribution is -2.02. The maximum Gasteiger partial charge on any atom is 0.180 e. The van der Waals surface area contributed by atoms with Crippen molar-refractivity contribution in [3.05, 3.63) is 34.0 Å². The van der Waals surface area contributed by atoms with Crippen molar-refractivity contribution in [2.75, 3.05) is 0 Å². The van der Waals surface area contributed by atoms with E-state index in [1.54, 1.807) is 11.3 Å². The molecule has 1 aromatic heterocycles. The molecule has 3 rings (SSSR count). The summed E-state index contributed by atoms with van der Waals surface area (Å²) in [6, 6.07) is 4.47. The lowest BCUT2D eigenvalue weighted by molar-refractivity contribution is 0.361. The molecule has 2 nitrogen and oxygen atoms in total. The standard InChI is InChI=1S/C22H30O2S/c1-3-5-7-9-11-17-13-19-20(14-18(17)12-10-8-6-4-2)24-22-16-25-15-21(22)23-19/h13-16H,3-12H2,1-2H3. The first-order chi connectivity index (χ1) is 12.3. The van der Waals surface area contributed by atoms with Gasteiger partial charge in [-0.05, 0) is 48.9 Å². The second-order valence-corrected chi connectivity index (χ2v) is 7.74. The number of aryl methyl sites for hydroxylation is 2. The minimum Gasteiger partial charge on any atom is -0.449 e. The second kappa shape index (κ2) is 9.28. The van der Waals surface area contributed by atoms with Crippen molar-refractivity contribution < 1.29 is 9.47 Å². The summed E-state index contributed by atoms with van der Waals surface area (Å²) < 4.78 is 12.1. The first kappa shape index (κ1) is 18.3. The molecule has 0 fully saturated rings. The van der Waals surface area contributed by atoms with Gasteiger partial charge >= 0.3 is 0 Å². The Bertz CT molecular complexity index is 619. The van der Waals surface area contributed by atoms with Crippen LogP contribution in [0, 0.1) is 0 Å². The van der Waals surface area contributed by atoms with Gasteiger partial charge in [0.2, 0.25) is 0 Å². The van der Waals surface area contributed by atoms with E-state index in [1.807, 2.05) is 10.8 Å². The van der Waals surface area contributed by atoms with E-state index >= 15 is 0 Å². The summed E-state index contributed by atoms with van der Waals surface area (Å²) in [6.45, 7) is 4.53. The van der Waals surface area contributed by atoms with Crippen molar-refractivity contribution in [1.82, 2.24) is 0 Å². The third-order valence-corrected chi connectivity index (χ3v) is 5.60. The van der Waals surface area contributed by atoms with E-state index in [9.17, 15) is 0 Å². The molecular weight excluding hydrogens is 328 g/mol. The van der Waals surface area contributed by atoms with Gasteiger partial charge in [-0.3, -0.25) is 0 Å². The van der Waals surface area contributed by atoms with E-state index in [-0.39, 0.29) is 0 Å². The van der Waals surface area contributed by atoms with E-state index in [0.29, 0.717) is 0 Å². The van der Waals surface area contributed by atoms with Gasteiger partial charge in [-0.1, -0.05) is 52.4 Å². The predicted molar refractivity (Wildman–Crippen MR) is 107 cm³/mol. The number of ether oxygens (including phenoxy) is 2. The zero-order valence-corrected chi connectivity index (χ0v) is 16.4. The highest BCUT2D eigenvalue weighted by molar-refractivity contribution is 7.08. The van der Waals surface area contributed by atoms with Gasteiger partial charge in [-0.2, -0.15) is 0 Å². The fraction of sp³-hybridized carbons (Fsp3) is 0.545. The zero-order valence-electron chi connectivity index (χ0n) is 15.6. The molecule has 2 heterocycles. The van der Waals surface area contributed by atoms with Crippen LogP contribution >= 0.6 is 11.3 Å². The molecule has 1 aliphatic rings. The van der Waals surface area contributed by atoms with Crippen LogP contribution in [0.2, 0.25) is 0 Å². The normalized spacial score (nSPS) is 12.2. The Labute approximate surface area is 156 Å². The molecule has 0 spiro atoms. The van der Waals surface area contributed by atoms with Gasteiger partial charge < -0.3 is 9.47 Å². The number of hydrogen-bond acceptors (Lipinski definition) is 3. The highest BCUT2D eigenvalue weighted by Gasteiger charge is 2.21. The number of unbranched alkanes of at least 4 members (excludes halogenated alkanes) is 6. The number of thiophene rings is 1. The fourth-order valence-electron chi connectivity index (χ4n) is 3.41. The van der Waals surface area contributed by atoms with Gasteiger partial charge in [0.25, 0.3) is 0 Å². The van der Waals surface area contributed by atoms with Crippen molar-refractivity contribution in [3.63, 3.8) is 0 Å². The van der Waals surface area contributed by atoms with Crippen molar-refractivity contribution in [1.29, 1.82) is 0 Å². The first-order valence-corrected chi connectivity index (χ1v) is 10.8. The average Bonchev–Trinajstić information content (AvgIpc) is 3.07. The van der Waals surface area contributed by atoms with Gasteiger partial charge in [0.15, 0.2) is 23.0 Å². The molecule has 0 unspecified atom stereocenters. The van der Waals surface area contributed by atoms with Crippen molar-refractivity contribution in [2.45, 2.75) is 78.1 Å². The van der Waals surface area contributed by atoms with E-state index in [2.05, 4.69) is 26.0 Å². The van der Waals surface area contributed by atoms with Crippen LogP contribution in [-0.4, -0.2) is 0 Å². The Kier molecular flexibility index (Phi) is 6.80. The Balaban J connectivity index is 1.74. The maximum absolute atomic E-state index is 6.07. The second-order valence-electron chi connectivity index (χ2n) is 6.99. The molecule has 25 heavy (non-hydrogen) atoms. The predicted octanol–water partition coefficient (Wildman–Crippen LogP) is 7.89. The minimum absolute atomic E-state index is 0.852. The van der Waals surface area contributed by atoms with Crippen LogP contribution in [0.15, 0.2) is 22.9 Å². The lowest BCUT2D eigenvalue weighted by Gasteiger charge is -2.21. The van der Waals surface area contributed by atoms with Gasteiger partial charge in [-0.25, -0.2) is 0 Å². The quantitative estimate of drug-likeness (QED) is 0.343. The summed E-state index contributed by atoms with van der Waals surface area (Å²) in [5, 5.41) is 4.02. The Hall–Kier alpha value is -1.48. The van der Waals surface area contributed by atoms with Crippen LogP contribution in [0.1, 0.15) is 76.3 Å². The zero-order chi connectivity index (χ0) is 17.5. The van der Waals surface area contributed by atoms with Crippen LogP contribution in [0.5, 0.6) is 23.0 Å². The first-order valence-electron chi connectivity index (χ1n) is 9.89. The highest BCUT2D eigenvalue weighted by Crippen LogP contribution is 2.48. The molecular formula is C22H30O2S. The van der Waals surface area contributed by atoms with Crippen LogP contribution in [0.25, 0.3) is 0 Å². The van der Waals surface area contributed by atoms with Crippen molar-refractivity contribution in [3.8, 4) is 23.0 Å². The van der Waals surface area contributed by atoms with Crippen LogP contribution in [0.3, 0.4) is 0 Å². The Morgan fingerprint density at radius 1 is 0.640 bits per heavy atom. The number of rotatable bonds is 10. The molecule has 0 bridgehead atoms. The van der Waals surface area contributed by atoms with Crippen LogP contribution < -0.4 is 9.47 Å². The van der Waals surface area contributed by atoms with Crippen LogP contribution in [0.4, 0.5) is 0 Å². The molecule has 0 radical (unpaired) electrons. The average molecular weight is 359 g/mol. The molecule has 0 N–H and O–H groups in total. The molecule has 2 aromatic rings. The summed E-state index contributed by atoms with van der Waals surface area (Å²) in [4.78, 5) is 0. The van der Waals surface area contributed by atoms with Gasteiger partial charge in [0, 0.05) is 10.8 Å². The van der Waals surface area contributed by atoms with Crippen molar-refractivity contribution in [2.24, 2.45) is 0 Å². The molecule has 1 aromatic carbocycles.